The molecule has 0 aliphatic rings. The van der Waals surface area contributed by atoms with Gasteiger partial charge in [-0.25, -0.2) is 0 Å². The van der Waals surface area contributed by atoms with Crippen molar-refractivity contribution in [3.05, 3.63) is 64.2 Å². The van der Waals surface area contributed by atoms with Crippen LogP contribution in [0.25, 0.3) is 0 Å². The van der Waals surface area contributed by atoms with Crippen LogP contribution in [0.2, 0.25) is 5.02 Å². The van der Waals surface area contributed by atoms with Crippen molar-refractivity contribution in [3.63, 3.8) is 0 Å². The SMILES string of the molecule is Cc1ccc(N(C)C(C)c2ccccc2Cl)c(C=O)c1. The van der Waals surface area contributed by atoms with Gasteiger partial charge in [0.2, 0.25) is 0 Å². The van der Waals surface area contributed by atoms with Crippen LogP contribution in [0.15, 0.2) is 42.5 Å². The Kier molecular flexibility index (Phi) is 4.46. The number of rotatable bonds is 4. The molecule has 20 heavy (non-hydrogen) atoms. The van der Waals surface area contributed by atoms with Crippen LogP contribution in [0.3, 0.4) is 0 Å². The van der Waals surface area contributed by atoms with Gasteiger partial charge >= 0.3 is 0 Å². The average Bonchev–Trinajstić information content (AvgIpc) is 2.46. The van der Waals surface area contributed by atoms with Gasteiger partial charge in [-0.05, 0) is 37.6 Å². The van der Waals surface area contributed by atoms with Crippen LogP contribution in [0.1, 0.15) is 34.5 Å². The number of carbonyl (C=O) groups excluding carboxylic acids is 1. The van der Waals surface area contributed by atoms with Crippen LogP contribution < -0.4 is 4.90 Å². The van der Waals surface area contributed by atoms with Crippen molar-refractivity contribution in [1.82, 2.24) is 0 Å². The van der Waals surface area contributed by atoms with E-state index in [1.165, 1.54) is 0 Å². The minimum absolute atomic E-state index is 0.0881. The maximum Gasteiger partial charge on any atom is 0.152 e. The first-order valence-corrected chi connectivity index (χ1v) is 6.95. The molecule has 2 rings (SSSR count). The highest BCUT2D eigenvalue weighted by molar-refractivity contribution is 6.31. The van der Waals surface area contributed by atoms with Crippen LogP contribution in [0.5, 0.6) is 0 Å². The lowest BCUT2D eigenvalue weighted by atomic mass is 10.0. The number of carbonyl (C=O) groups is 1. The predicted octanol–water partition coefficient (Wildman–Crippen LogP) is 4.66. The van der Waals surface area contributed by atoms with Crippen LogP contribution in [-0.2, 0) is 0 Å². The van der Waals surface area contributed by atoms with E-state index in [1.54, 1.807) is 0 Å². The number of hydrogen-bond acceptors (Lipinski definition) is 2. The highest BCUT2D eigenvalue weighted by Gasteiger charge is 2.17. The molecule has 0 aliphatic heterocycles. The molecule has 0 spiro atoms. The topological polar surface area (TPSA) is 20.3 Å². The smallest absolute Gasteiger partial charge is 0.152 e. The van der Waals surface area contributed by atoms with E-state index >= 15 is 0 Å². The summed E-state index contributed by atoms with van der Waals surface area (Å²) >= 11 is 6.25. The maximum atomic E-state index is 11.3. The summed E-state index contributed by atoms with van der Waals surface area (Å²) in [5.74, 6) is 0. The molecule has 0 heterocycles. The minimum atomic E-state index is 0.0881. The molecule has 0 bridgehead atoms. The number of halogens is 1. The van der Waals surface area contributed by atoms with E-state index in [-0.39, 0.29) is 6.04 Å². The molecule has 104 valence electrons. The average molecular weight is 288 g/mol. The van der Waals surface area contributed by atoms with Gasteiger partial charge in [-0.1, -0.05) is 41.4 Å². The monoisotopic (exact) mass is 287 g/mol. The second kappa shape index (κ2) is 6.10. The summed E-state index contributed by atoms with van der Waals surface area (Å²) in [5, 5.41) is 0.742. The zero-order chi connectivity index (χ0) is 14.7. The first-order chi connectivity index (χ1) is 9.54. The number of aldehydes is 1. The fourth-order valence-corrected chi connectivity index (χ4v) is 2.61. The van der Waals surface area contributed by atoms with Crippen molar-refractivity contribution in [3.8, 4) is 0 Å². The normalized spacial score (nSPS) is 12.0. The molecule has 0 radical (unpaired) electrons. The largest absolute Gasteiger partial charge is 0.367 e. The van der Waals surface area contributed by atoms with Gasteiger partial charge in [0.1, 0.15) is 0 Å². The molecule has 1 atom stereocenters. The molecule has 0 saturated carbocycles. The Morgan fingerprint density at radius 1 is 1.20 bits per heavy atom. The summed E-state index contributed by atoms with van der Waals surface area (Å²) < 4.78 is 0. The molecule has 0 aliphatic carbocycles. The number of benzene rings is 2. The lowest BCUT2D eigenvalue weighted by Gasteiger charge is -2.29. The molecule has 0 saturated heterocycles. The van der Waals surface area contributed by atoms with Crippen molar-refractivity contribution in [2.24, 2.45) is 0 Å². The van der Waals surface area contributed by atoms with Gasteiger partial charge in [-0.2, -0.15) is 0 Å². The molecule has 2 nitrogen and oxygen atoms in total. The third-order valence-electron chi connectivity index (χ3n) is 3.63. The molecular weight excluding hydrogens is 270 g/mol. The van der Waals surface area contributed by atoms with Crippen molar-refractivity contribution in [2.75, 3.05) is 11.9 Å². The number of anilines is 1. The number of aryl methyl sites for hydroxylation is 1. The zero-order valence-corrected chi connectivity index (χ0v) is 12.7. The summed E-state index contributed by atoms with van der Waals surface area (Å²) in [6, 6.07) is 13.8. The van der Waals surface area contributed by atoms with Gasteiger partial charge in [-0.15, -0.1) is 0 Å². The lowest BCUT2D eigenvalue weighted by molar-refractivity contribution is 0.112. The van der Waals surface area contributed by atoms with Gasteiger partial charge in [0.15, 0.2) is 6.29 Å². The Morgan fingerprint density at radius 3 is 2.55 bits per heavy atom. The Bertz CT molecular complexity index is 624. The summed E-state index contributed by atoms with van der Waals surface area (Å²) in [5.41, 5.74) is 3.74. The molecule has 0 N–H and O–H groups in total. The molecular formula is C17H18ClNO. The third kappa shape index (κ3) is 2.86. The minimum Gasteiger partial charge on any atom is -0.367 e. The van der Waals surface area contributed by atoms with E-state index in [1.807, 2.05) is 56.4 Å². The standard InChI is InChI=1S/C17H18ClNO/c1-12-8-9-17(14(10-12)11-20)19(3)13(2)15-6-4-5-7-16(15)18/h4-11,13H,1-3H3. The quantitative estimate of drug-likeness (QED) is 0.762. The summed E-state index contributed by atoms with van der Waals surface area (Å²) in [4.78, 5) is 13.3. The Morgan fingerprint density at radius 2 is 1.90 bits per heavy atom. The Balaban J connectivity index is 2.39. The molecule has 0 fully saturated rings. The van der Waals surface area contributed by atoms with E-state index < -0.39 is 0 Å². The molecule has 3 heteroatoms. The molecule has 0 aromatic heterocycles. The van der Waals surface area contributed by atoms with Gasteiger partial charge in [0.25, 0.3) is 0 Å². The molecule has 1 unspecified atom stereocenters. The fourth-order valence-electron chi connectivity index (χ4n) is 2.32. The molecule has 0 amide bonds. The second-order valence-electron chi connectivity index (χ2n) is 4.99. The van der Waals surface area contributed by atoms with Crippen LogP contribution in [-0.4, -0.2) is 13.3 Å². The van der Waals surface area contributed by atoms with Crippen molar-refractivity contribution in [1.29, 1.82) is 0 Å². The van der Waals surface area contributed by atoms with Crippen LogP contribution in [0.4, 0.5) is 5.69 Å². The Labute approximate surface area is 125 Å². The highest BCUT2D eigenvalue weighted by atomic mass is 35.5. The number of hydrogen-bond donors (Lipinski definition) is 0. The number of nitrogens with zero attached hydrogens (tertiary/aromatic N) is 1. The predicted molar refractivity (Wildman–Crippen MR) is 84.8 cm³/mol. The van der Waals surface area contributed by atoms with Crippen LogP contribution >= 0.6 is 11.6 Å². The van der Waals surface area contributed by atoms with Gasteiger partial charge < -0.3 is 4.90 Å². The highest BCUT2D eigenvalue weighted by Crippen LogP contribution is 2.31. The van der Waals surface area contributed by atoms with Crippen molar-refractivity contribution >= 4 is 23.6 Å². The summed E-state index contributed by atoms with van der Waals surface area (Å²) in [6.45, 7) is 4.06. The van der Waals surface area contributed by atoms with E-state index in [2.05, 4.69) is 11.8 Å². The maximum absolute atomic E-state index is 11.3. The molecule has 2 aromatic carbocycles. The first-order valence-electron chi connectivity index (χ1n) is 6.57. The van der Waals surface area contributed by atoms with Gasteiger partial charge in [-0.3, -0.25) is 4.79 Å². The third-order valence-corrected chi connectivity index (χ3v) is 3.97. The van der Waals surface area contributed by atoms with Crippen molar-refractivity contribution in [2.45, 2.75) is 19.9 Å². The van der Waals surface area contributed by atoms with Gasteiger partial charge in [0.05, 0.1) is 6.04 Å². The zero-order valence-electron chi connectivity index (χ0n) is 11.9. The van der Waals surface area contributed by atoms with E-state index in [9.17, 15) is 4.79 Å². The first kappa shape index (κ1) is 14.6. The van der Waals surface area contributed by atoms with Crippen LogP contribution in [0, 0.1) is 6.92 Å². The lowest BCUT2D eigenvalue weighted by Crippen LogP contribution is -2.23. The molecule has 2 aromatic rings. The van der Waals surface area contributed by atoms with Crippen molar-refractivity contribution < 1.29 is 4.79 Å². The second-order valence-corrected chi connectivity index (χ2v) is 5.40. The van der Waals surface area contributed by atoms with E-state index in [0.717, 1.165) is 28.1 Å². The summed E-state index contributed by atoms with van der Waals surface area (Å²) in [6.07, 6.45) is 0.901. The fraction of sp³-hybridized carbons (Fsp3) is 0.235. The summed E-state index contributed by atoms with van der Waals surface area (Å²) in [7, 11) is 1.98. The van der Waals surface area contributed by atoms with E-state index in [4.69, 9.17) is 11.6 Å². The van der Waals surface area contributed by atoms with E-state index in [0.29, 0.717) is 5.56 Å². The Hall–Kier alpha value is -1.80. The van der Waals surface area contributed by atoms with Gasteiger partial charge in [0, 0.05) is 23.3 Å².